The number of hydrogen-bond acceptors (Lipinski definition) is 4. The van der Waals surface area contributed by atoms with Crippen LogP contribution in [0.25, 0.3) is 0 Å². The minimum Gasteiger partial charge on any atom is -0.483 e. The molecule has 6 heteroatoms. The van der Waals surface area contributed by atoms with Gasteiger partial charge in [0, 0.05) is 7.05 Å². The molecule has 0 aliphatic heterocycles. The summed E-state index contributed by atoms with van der Waals surface area (Å²) in [5, 5.41) is 0. The smallest absolute Gasteiger partial charge is 0.325 e. The average molecular weight is 330 g/mol. The van der Waals surface area contributed by atoms with Crippen LogP contribution >= 0.6 is 15.9 Å². The normalized spacial score (nSPS) is 9.84. The van der Waals surface area contributed by atoms with Gasteiger partial charge in [-0.2, -0.15) is 0 Å². The van der Waals surface area contributed by atoms with Crippen molar-refractivity contribution >= 4 is 27.8 Å². The maximum atomic E-state index is 11.7. The Balaban J connectivity index is 2.43. The standard InChI is InChI=1S/C13H16BrNO4/c1-3-18-13(17)8-15(2)12(16)9-19-11-7-5-4-6-10(11)14/h4-7H,3,8-9H2,1-2H3. The fraction of sp³-hybridized carbons (Fsp3) is 0.385. The number of rotatable bonds is 6. The molecule has 1 aromatic carbocycles. The predicted molar refractivity (Wildman–Crippen MR) is 73.9 cm³/mol. The Morgan fingerprint density at radius 3 is 2.63 bits per heavy atom. The number of halogens is 1. The van der Waals surface area contributed by atoms with Crippen molar-refractivity contribution in [2.75, 3.05) is 26.8 Å². The summed E-state index contributed by atoms with van der Waals surface area (Å²) in [5.41, 5.74) is 0. The van der Waals surface area contributed by atoms with Crippen LogP contribution in [0.4, 0.5) is 0 Å². The van der Waals surface area contributed by atoms with Crippen molar-refractivity contribution in [3.63, 3.8) is 0 Å². The molecule has 0 bridgehead atoms. The van der Waals surface area contributed by atoms with Gasteiger partial charge in [0.05, 0.1) is 11.1 Å². The molecule has 1 aromatic rings. The Morgan fingerprint density at radius 1 is 1.32 bits per heavy atom. The first kappa shape index (κ1) is 15.5. The highest BCUT2D eigenvalue weighted by molar-refractivity contribution is 9.10. The van der Waals surface area contributed by atoms with E-state index in [1.165, 1.54) is 11.9 Å². The first-order valence-electron chi connectivity index (χ1n) is 5.81. The van der Waals surface area contributed by atoms with Gasteiger partial charge in [-0.15, -0.1) is 0 Å². The summed E-state index contributed by atoms with van der Waals surface area (Å²) in [6.45, 7) is 1.81. The number of para-hydroxylation sites is 1. The first-order valence-corrected chi connectivity index (χ1v) is 6.60. The molecule has 0 unspecified atom stereocenters. The number of nitrogens with zero attached hydrogens (tertiary/aromatic N) is 1. The Labute approximate surface area is 120 Å². The van der Waals surface area contributed by atoms with Gasteiger partial charge < -0.3 is 14.4 Å². The minimum atomic E-state index is -0.431. The second kappa shape index (κ2) is 7.78. The molecular weight excluding hydrogens is 314 g/mol. The molecule has 0 saturated carbocycles. The van der Waals surface area contributed by atoms with E-state index < -0.39 is 5.97 Å². The fourth-order valence-electron chi connectivity index (χ4n) is 1.30. The second-order valence-electron chi connectivity index (χ2n) is 3.77. The molecule has 19 heavy (non-hydrogen) atoms. The van der Waals surface area contributed by atoms with Gasteiger partial charge in [-0.25, -0.2) is 0 Å². The van der Waals surface area contributed by atoms with E-state index >= 15 is 0 Å². The zero-order chi connectivity index (χ0) is 14.3. The highest BCUT2D eigenvalue weighted by atomic mass is 79.9. The minimum absolute atomic E-state index is 0.0774. The zero-order valence-electron chi connectivity index (χ0n) is 10.9. The predicted octanol–water partition coefficient (Wildman–Crippen LogP) is 1.85. The molecule has 0 aromatic heterocycles. The van der Waals surface area contributed by atoms with Gasteiger partial charge in [0.25, 0.3) is 5.91 Å². The van der Waals surface area contributed by atoms with Gasteiger partial charge in [-0.3, -0.25) is 9.59 Å². The van der Waals surface area contributed by atoms with E-state index in [9.17, 15) is 9.59 Å². The third-order valence-electron chi connectivity index (χ3n) is 2.29. The lowest BCUT2D eigenvalue weighted by Crippen LogP contribution is -2.36. The molecule has 0 atom stereocenters. The lowest BCUT2D eigenvalue weighted by atomic mass is 10.3. The average Bonchev–Trinajstić information content (AvgIpc) is 2.37. The Hall–Kier alpha value is -1.56. The molecule has 1 amide bonds. The molecule has 1 rings (SSSR count). The van der Waals surface area contributed by atoms with Crippen LogP contribution in [0.2, 0.25) is 0 Å². The van der Waals surface area contributed by atoms with Crippen LogP contribution < -0.4 is 4.74 Å². The van der Waals surface area contributed by atoms with Gasteiger partial charge in [0.2, 0.25) is 0 Å². The van der Waals surface area contributed by atoms with E-state index in [4.69, 9.17) is 9.47 Å². The van der Waals surface area contributed by atoms with Crippen LogP contribution in [0.3, 0.4) is 0 Å². The summed E-state index contributed by atoms with van der Waals surface area (Å²) in [7, 11) is 1.53. The Kier molecular flexibility index (Phi) is 6.35. The van der Waals surface area contributed by atoms with Gasteiger partial charge in [-0.1, -0.05) is 12.1 Å². The van der Waals surface area contributed by atoms with E-state index in [0.717, 1.165) is 4.47 Å². The lowest BCUT2D eigenvalue weighted by molar-refractivity contribution is -0.148. The number of likely N-dealkylation sites (N-methyl/N-ethyl adjacent to an activating group) is 1. The van der Waals surface area contributed by atoms with Crippen LogP contribution in [0.1, 0.15) is 6.92 Å². The molecule has 0 saturated heterocycles. The van der Waals surface area contributed by atoms with E-state index in [-0.39, 0.29) is 19.1 Å². The molecule has 0 heterocycles. The molecule has 0 aliphatic carbocycles. The van der Waals surface area contributed by atoms with Crippen molar-refractivity contribution < 1.29 is 19.1 Å². The Morgan fingerprint density at radius 2 is 2.00 bits per heavy atom. The summed E-state index contributed by atoms with van der Waals surface area (Å²) in [6, 6.07) is 7.24. The van der Waals surface area contributed by atoms with Gasteiger partial charge in [0.15, 0.2) is 6.61 Å². The number of amides is 1. The SMILES string of the molecule is CCOC(=O)CN(C)C(=O)COc1ccccc1Br. The number of carbonyl (C=O) groups is 2. The summed E-state index contributed by atoms with van der Waals surface area (Å²) in [6.07, 6.45) is 0. The van der Waals surface area contributed by atoms with E-state index in [1.54, 1.807) is 13.0 Å². The fourth-order valence-corrected chi connectivity index (χ4v) is 1.70. The number of benzene rings is 1. The van der Waals surface area contributed by atoms with Crippen LogP contribution in [-0.4, -0.2) is 43.6 Å². The van der Waals surface area contributed by atoms with Crippen LogP contribution in [0.5, 0.6) is 5.75 Å². The third-order valence-corrected chi connectivity index (χ3v) is 2.94. The lowest BCUT2D eigenvalue weighted by Gasteiger charge is -2.16. The number of hydrogen-bond donors (Lipinski definition) is 0. The molecule has 0 radical (unpaired) electrons. The van der Waals surface area contributed by atoms with Gasteiger partial charge in [0.1, 0.15) is 12.3 Å². The van der Waals surface area contributed by atoms with Crippen molar-refractivity contribution in [3.05, 3.63) is 28.7 Å². The van der Waals surface area contributed by atoms with E-state index in [1.807, 2.05) is 18.2 Å². The number of ether oxygens (including phenoxy) is 2. The first-order chi connectivity index (χ1) is 9.04. The molecule has 0 spiro atoms. The maximum Gasteiger partial charge on any atom is 0.325 e. The summed E-state index contributed by atoms with van der Waals surface area (Å²) in [4.78, 5) is 24.2. The van der Waals surface area contributed by atoms with Crippen LogP contribution in [0, 0.1) is 0 Å². The van der Waals surface area contributed by atoms with Gasteiger partial charge >= 0.3 is 5.97 Å². The number of esters is 1. The molecular formula is C13H16BrNO4. The Bertz CT molecular complexity index is 450. The largest absolute Gasteiger partial charge is 0.483 e. The highest BCUT2D eigenvalue weighted by Crippen LogP contribution is 2.23. The summed E-state index contributed by atoms with van der Waals surface area (Å²) in [5.74, 6) is -0.136. The van der Waals surface area contributed by atoms with Crippen molar-refractivity contribution in [3.8, 4) is 5.75 Å². The van der Waals surface area contributed by atoms with Crippen molar-refractivity contribution in [2.45, 2.75) is 6.92 Å². The van der Waals surface area contributed by atoms with Crippen LogP contribution in [0.15, 0.2) is 28.7 Å². The second-order valence-corrected chi connectivity index (χ2v) is 4.63. The summed E-state index contributed by atoms with van der Waals surface area (Å²) >= 11 is 3.32. The number of carbonyl (C=O) groups excluding carboxylic acids is 2. The van der Waals surface area contributed by atoms with Crippen molar-refractivity contribution in [1.82, 2.24) is 4.90 Å². The molecule has 0 N–H and O–H groups in total. The molecule has 0 aliphatic rings. The quantitative estimate of drug-likeness (QED) is 0.747. The van der Waals surface area contributed by atoms with E-state index in [2.05, 4.69) is 15.9 Å². The zero-order valence-corrected chi connectivity index (χ0v) is 12.5. The maximum absolute atomic E-state index is 11.7. The van der Waals surface area contributed by atoms with E-state index in [0.29, 0.717) is 12.4 Å². The molecule has 0 fully saturated rings. The molecule has 5 nitrogen and oxygen atoms in total. The van der Waals surface area contributed by atoms with Gasteiger partial charge in [-0.05, 0) is 35.0 Å². The third kappa shape index (κ3) is 5.30. The van der Waals surface area contributed by atoms with Crippen molar-refractivity contribution in [2.24, 2.45) is 0 Å². The summed E-state index contributed by atoms with van der Waals surface area (Å²) < 4.78 is 10.9. The highest BCUT2D eigenvalue weighted by Gasteiger charge is 2.14. The van der Waals surface area contributed by atoms with Crippen molar-refractivity contribution in [1.29, 1.82) is 0 Å². The molecule has 104 valence electrons. The van der Waals surface area contributed by atoms with Crippen LogP contribution in [-0.2, 0) is 14.3 Å². The topological polar surface area (TPSA) is 55.8 Å². The monoisotopic (exact) mass is 329 g/mol.